The number of urea groups is 1. The maximum atomic E-state index is 11.5. The van der Waals surface area contributed by atoms with Crippen molar-refractivity contribution in [2.45, 2.75) is 20.3 Å². The monoisotopic (exact) mass is 244 g/mol. The van der Waals surface area contributed by atoms with Crippen molar-refractivity contribution in [3.8, 4) is 11.8 Å². The molecule has 0 saturated carbocycles. The normalized spacial score (nSPS) is 9.00. The second kappa shape index (κ2) is 7.13. The fraction of sp³-hybridized carbons (Fsp3) is 0.286. The molecule has 94 valence electrons. The summed E-state index contributed by atoms with van der Waals surface area (Å²) in [4.78, 5) is 22.5. The van der Waals surface area contributed by atoms with Gasteiger partial charge in [0.05, 0.1) is 0 Å². The first-order chi connectivity index (χ1) is 8.63. The number of Topliss-reactive ketones (excluding diaryl/α,β-unsaturated/α-hetero) is 1. The lowest BCUT2D eigenvalue weighted by molar-refractivity contribution is 0.101. The van der Waals surface area contributed by atoms with Crippen molar-refractivity contribution in [3.05, 3.63) is 29.8 Å². The molecule has 0 aromatic heterocycles. The molecule has 0 atom stereocenters. The Bertz CT molecular complexity index is 481. The molecule has 0 bridgehead atoms. The Morgan fingerprint density at radius 1 is 1.22 bits per heavy atom. The van der Waals surface area contributed by atoms with Crippen LogP contribution in [-0.2, 0) is 0 Å². The van der Waals surface area contributed by atoms with Crippen molar-refractivity contribution in [1.29, 1.82) is 0 Å². The summed E-state index contributed by atoms with van der Waals surface area (Å²) in [5.41, 5.74) is 1.28. The molecule has 0 unspecified atom stereocenters. The van der Waals surface area contributed by atoms with Crippen LogP contribution < -0.4 is 10.6 Å². The molecule has 4 heteroatoms. The Morgan fingerprint density at radius 2 is 1.89 bits per heavy atom. The number of benzene rings is 1. The van der Waals surface area contributed by atoms with Crippen LogP contribution in [0, 0.1) is 11.8 Å². The molecule has 1 aromatic carbocycles. The van der Waals surface area contributed by atoms with Crippen LogP contribution in [0.15, 0.2) is 24.3 Å². The van der Waals surface area contributed by atoms with Gasteiger partial charge in [-0.15, -0.1) is 11.8 Å². The van der Waals surface area contributed by atoms with Crippen molar-refractivity contribution < 1.29 is 9.59 Å². The van der Waals surface area contributed by atoms with Gasteiger partial charge in [-0.05, 0) is 38.1 Å². The summed E-state index contributed by atoms with van der Waals surface area (Å²) in [6.07, 6.45) is 0.632. The minimum absolute atomic E-state index is 0.00383. The average molecular weight is 244 g/mol. The van der Waals surface area contributed by atoms with Crippen molar-refractivity contribution in [2.75, 3.05) is 11.9 Å². The van der Waals surface area contributed by atoms with Crippen molar-refractivity contribution in [3.63, 3.8) is 0 Å². The summed E-state index contributed by atoms with van der Waals surface area (Å²) in [7, 11) is 0. The van der Waals surface area contributed by atoms with Crippen LogP contribution >= 0.6 is 0 Å². The number of hydrogen-bond acceptors (Lipinski definition) is 2. The van der Waals surface area contributed by atoms with Gasteiger partial charge in [0, 0.05) is 24.2 Å². The van der Waals surface area contributed by atoms with E-state index in [1.54, 1.807) is 31.2 Å². The Labute approximate surface area is 107 Å². The molecule has 1 aromatic rings. The fourth-order valence-corrected chi connectivity index (χ4v) is 1.33. The lowest BCUT2D eigenvalue weighted by Crippen LogP contribution is -2.29. The minimum Gasteiger partial charge on any atom is -0.337 e. The highest BCUT2D eigenvalue weighted by Crippen LogP contribution is 2.09. The number of carbonyl (C=O) groups excluding carboxylic acids is 2. The van der Waals surface area contributed by atoms with Crippen molar-refractivity contribution in [1.82, 2.24) is 5.32 Å². The average Bonchev–Trinajstić information content (AvgIpc) is 2.35. The molecule has 2 amide bonds. The van der Waals surface area contributed by atoms with Crippen molar-refractivity contribution in [2.24, 2.45) is 0 Å². The Morgan fingerprint density at radius 3 is 2.44 bits per heavy atom. The smallest absolute Gasteiger partial charge is 0.319 e. The molecule has 4 nitrogen and oxygen atoms in total. The van der Waals surface area contributed by atoms with E-state index in [2.05, 4.69) is 22.5 Å². The van der Waals surface area contributed by atoms with Crippen LogP contribution in [-0.4, -0.2) is 18.4 Å². The zero-order valence-electron chi connectivity index (χ0n) is 10.5. The van der Waals surface area contributed by atoms with Gasteiger partial charge in [-0.25, -0.2) is 4.79 Å². The zero-order valence-corrected chi connectivity index (χ0v) is 10.5. The third-order valence-electron chi connectivity index (χ3n) is 2.26. The van der Waals surface area contributed by atoms with Crippen LogP contribution in [0.3, 0.4) is 0 Å². The van der Waals surface area contributed by atoms with Crippen LogP contribution in [0.5, 0.6) is 0 Å². The van der Waals surface area contributed by atoms with Gasteiger partial charge in [-0.1, -0.05) is 0 Å². The molecule has 18 heavy (non-hydrogen) atoms. The summed E-state index contributed by atoms with van der Waals surface area (Å²) in [6, 6.07) is 6.48. The van der Waals surface area contributed by atoms with Gasteiger partial charge in [0.25, 0.3) is 0 Å². The van der Waals surface area contributed by atoms with E-state index in [1.807, 2.05) is 0 Å². The summed E-state index contributed by atoms with van der Waals surface area (Å²) in [6.45, 7) is 3.78. The zero-order chi connectivity index (χ0) is 13.4. The van der Waals surface area contributed by atoms with Gasteiger partial charge in [0.2, 0.25) is 0 Å². The van der Waals surface area contributed by atoms with Crippen LogP contribution in [0.25, 0.3) is 0 Å². The van der Waals surface area contributed by atoms with Crippen LogP contribution in [0.1, 0.15) is 30.6 Å². The minimum atomic E-state index is -0.275. The number of ketones is 1. The number of rotatable bonds is 4. The van der Waals surface area contributed by atoms with Crippen molar-refractivity contribution >= 4 is 17.5 Å². The Balaban J connectivity index is 2.43. The van der Waals surface area contributed by atoms with E-state index in [9.17, 15) is 9.59 Å². The molecule has 0 aliphatic rings. The van der Waals surface area contributed by atoms with Gasteiger partial charge in [-0.3, -0.25) is 4.79 Å². The maximum absolute atomic E-state index is 11.5. The molecule has 0 spiro atoms. The number of hydrogen-bond donors (Lipinski definition) is 2. The molecule has 1 rings (SSSR count). The quantitative estimate of drug-likeness (QED) is 0.485. The molecule has 0 aliphatic carbocycles. The third-order valence-corrected chi connectivity index (χ3v) is 2.26. The van der Waals surface area contributed by atoms with Gasteiger partial charge in [0.15, 0.2) is 5.78 Å². The molecular formula is C14H16N2O2. The molecule has 0 fully saturated rings. The summed E-state index contributed by atoms with van der Waals surface area (Å²) in [5, 5.41) is 5.36. The summed E-state index contributed by atoms with van der Waals surface area (Å²) < 4.78 is 0. The topological polar surface area (TPSA) is 58.2 Å². The number of anilines is 1. The van der Waals surface area contributed by atoms with Crippen LogP contribution in [0.4, 0.5) is 10.5 Å². The molecule has 0 radical (unpaired) electrons. The number of amides is 2. The van der Waals surface area contributed by atoms with E-state index < -0.39 is 0 Å². The first kappa shape index (κ1) is 13.8. The van der Waals surface area contributed by atoms with E-state index in [0.717, 1.165) is 0 Å². The molecule has 0 heterocycles. The third kappa shape index (κ3) is 4.71. The second-order valence-electron chi connectivity index (χ2n) is 3.69. The summed E-state index contributed by atoms with van der Waals surface area (Å²) in [5.74, 6) is 5.62. The number of nitrogens with one attached hydrogen (secondary N) is 2. The highest BCUT2D eigenvalue weighted by molar-refractivity contribution is 5.95. The Kier molecular flexibility index (Phi) is 5.46. The molecular weight excluding hydrogens is 228 g/mol. The van der Waals surface area contributed by atoms with E-state index in [4.69, 9.17) is 0 Å². The van der Waals surface area contributed by atoms with E-state index in [0.29, 0.717) is 24.2 Å². The number of carbonyl (C=O) groups is 2. The highest BCUT2D eigenvalue weighted by atomic mass is 16.2. The lowest BCUT2D eigenvalue weighted by Gasteiger charge is -2.06. The Hall–Kier alpha value is -2.28. The highest BCUT2D eigenvalue weighted by Gasteiger charge is 2.02. The SMILES string of the molecule is CC#CCCNC(=O)Nc1ccc(C(C)=O)cc1. The largest absolute Gasteiger partial charge is 0.337 e. The fourth-order valence-electron chi connectivity index (χ4n) is 1.33. The van der Waals surface area contributed by atoms with E-state index >= 15 is 0 Å². The first-order valence-electron chi connectivity index (χ1n) is 5.69. The van der Waals surface area contributed by atoms with Crippen LogP contribution in [0.2, 0.25) is 0 Å². The molecule has 0 aliphatic heterocycles. The lowest BCUT2D eigenvalue weighted by atomic mass is 10.1. The summed E-state index contributed by atoms with van der Waals surface area (Å²) >= 11 is 0. The second-order valence-corrected chi connectivity index (χ2v) is 3.69. The predicted molar refractivity (Wildman–Crippen MR) is 71.5 cm³/mol. The first-order valence-corrected chi connectivity index (χ1v) is 5.69. The van der Waals surface area contributed by atoms with Gasteiger partial charge < -0.3 is 10.6 Å². The van der Waals surface area contributed by atoms with E-state index in [1.165, 1.54) is 6.92 Å². The predicted octanol–water partition coefficient (Wildman–Crippen LogP) is 2.42. The van der Waals surface area contributed by atoms with Gasteiger partial charge >= 0.3 is 6.03 Å². The van der Waals surface area contributed by atoms with Gasteiger partial charge in [0.1, 0.15) is 0 Å². The molecule has 0 saturated heterocycles. The standard InChI is InChI=1S/C14H16N2O2/c1-3-4-5-10-15-14(18)16-13-8-6-12(7-9-13)11(2)17/h6-9H,5,10H2,1-2H3,(H2,15,16,18). The van der Waals surface area contributed by atoms with E-state index in [-0.39, 0.29) is 11.8 Å². The molecule has 2 N–H and O–H groups in total. The maximum Gasteiger partial charge on any atom is 0.319 e. The van der Waals surface area contributed by atoms with Gasteiger partial charge in [-0.2, -0.15) is 0 Å².